The molecule has 1 aliphatic heterocycles. The number of ketones is 1. The molecule has 0 radical (unpaired) electrons. The van der Waals surface area contributed by atoms with Crippen LogP contribution in [-0.4, -0.2) is 38.0 Å². The van der Waals surface area contributed by atoms with E-state index >= 15 is 0 Å². The van der Waals surface area contributed by atoms with E-state index in [1.54, 1.807) is 14.2 Å². The second-order valence-corrected chi connectivity index (χ2v) is 11.2. The van der Waals surface area contributed by atoms with Gasteiger partial charge in [0.1, 0.15) is 5.41 Å². The predicted octanol–water partition coefficient (Wildman–Crippen LogP) is 3.46. The fourth-order valence-corrected chi connectivity index (χ4v) is 10.8. The third kappa shape index (κ3) is 1.42. The molecular weight excluding hydrogens is 402 g/mol. The number of fused-ring (bicyclic) bond motifs is 3. The van der Waals surface area contributed by atoms with E-state index in [-0.39, 0.29) is 41.5 Å². The zero-order valence-electron chi connectivity index (χ0n) is 18.4. The highest BCUT2D eigenvalue weighted by Gasteiger charge is 3.00. The summed E-state index contributed by atoms with van der Waals surface area (Å²) >= 11 is 0. The lowest BCUT2D eigenvalue weighted by Gasteiger charge is -2.72. The number of hydrogen-bond acceptors (Lipinski definition) is 5. The van der Waals surface area contributed by atoms with Gasteiger partial charge in [0.2, 0.25) is 0 Å². The Labute approximate surface area is 187 Å². The highest BCUT2D eigenvalue weighted by Crippen LogP contribution is 2.92. The fraction of sp³-hybridized carbons (Fsp3) is 0.630. The van der Waals surface area contributed by atoms with Gasteiger partial charge in [0.15, 0.2) is 12.1 Å². The van der Waals surface area contributed by atoms with Crippen molar-refractivity contribution in [2.45, 2.75) is 37.3 Å². The average Bonchev–Trinajstić information content (AvgIpc) is 3.37. The van der Waals surface area contributed by atoms with Crippen LogP contribution in [0, 0.1) is 63.6 Å². The second kappa shape index (κ2) is 5.38. The first kappa shape index (κ1) is 18.4. The van der Waals surface area contributed by atoms with Crippen LogP contribution in [0.15, 0.2) is 36.4 Å². The molecule has 1 aromatic carbocycles. The molecule has 5 nitrogen and oxygen atoms in total. The van der Waals surface area contributed by atoms with Crippen molar-refractivity contribution in [1.82, 2.24) is 0 Å². The molecule has 11 atom stereocenters. The molecule has 8 bridgehead atoms. The van der Waals surface area contributed by atoms with Crippen LogP contribution in [0.25, 0.3) is 5.57 Å². The van der Waals surface area contributed by atoms with E-state index in [1.165, 1.54) is 11.1 Å². The molecule has 164 valence electrons. The zero-order chi connectivity index (χ0) is 21.6. The van der Waals surface area contributed by atoms with Crippen LogP contribution in [0.2, 0.25) is 0 Å². The number of ether oxygens (including phenoxy) is 3. The van der Waals surface area contributed by atoms with Gasteiger partial charge in [-0.2, -0.15) is 5.26 Å². The van der Waals surface area contributed by atoms with E-state index in [2.05, 4.69) is 36.4 Å². The Kier molecular flexibility index (Phi) is 3.10. The number of nitrogens with zero attached hydrogens (tertiary/aromatic N) is 1. The molecule has 0 N–H and O–H groups in total. The zero-order valence-corrected chi connectivity index (χ0v) is 18.4. The second-order valence-electron chi connectivity index (χ2n) is 11.2. The maximum atomic E-state index is 14.6. The van der Waals surface area contributed by atoms with Gasteiger partial charge in [-0.05, 0) is 60.0 Å². The molecule has 32 heavy (non-hydrogen) atoms. The molecule has 6 saturated carbocycles. The highest BCUT2D eigenvalue weighted by atomic mass is 16.7. The van der Waals surface area contributed by atoms with Crippen LogP contribution in [0.3, 0.4) is 0 Å². The van der Waals surface area contributed by atoms with Crippen LogP contribution in [0.4, 0.5) is 0 Å². The number of hydrogen-bond donors (Lipinski definition) is 0. The molecule has 7 aliphatic carbocycles. The maximum absolute atomic E-state index is 14.6. The van der Waals surface area contributed by atoms with Crippen LogP contribution < -0.4 is 0 Å². The van der Waals surface area contributed by atoms with E-state index in [1.807, 2.05) is 6.07 Å². The van der Waals surface area contributed by atoms with Crippen molar-refractivity contribution in [2.24, 2.45) is 52.3 Å². The monoisotopic (exact) mass is 429 g/mol. The molecule has 0 aromatic heterocycles. The molecule has 0 amide bonds. The first-order valence-corrected chi connectivity index (χ1v) is 12.1. The SMILES string of the molecule is COC(OC)[C@@H]1[C@H]2C[C@H](C=C2c2ccccc2)[C@]23O[C@@H]4[C@H]5CC[C@@H]6[C@H]([C@H]52)[C@]13C(=O)[C@@]64C#N. The van der Waals surface area contributed by atoms with Crippen molar-refractivity contribution < 1.29 is 19.0 Å². The molecular formula is C27H27NO4. The van der Waals surface area contributed by atoms with Gasteiger partial charge in [0.05, 0.1) is 23.2 Å². The van der Waals surface area contributed by atoms with Gasteiger partial charge in [-0.1, -0.05) is 36.4 Å². The number of rotatable bonds is 4. The largest absolute Gasteiger partial charge is 0.367 e. The Bertz CT molecular complexity index is 1140. The molecule has 1 saturated heterocycles. The van der Waals surface area contributed by atoms with Crippen molar-refractivity contribution in [2.75, 3.05) is 14.2 Å². The Balaban J connectivity index is 1.41. The summed E-state index contributed by atoms with van der Waals surface area (Å²) in [6, 6.07) is 13.1. The Morgan fingerprint density at radius 2 is 1.94 bits per heavy atom. The van der Waals surface area contributed by atoms with E-state index < -0.39 is 22.7 Å². The summed E-state index contributed by atoms with van der Waals surface area (Å²) in [7, 11) is 3.37. The van der Waals surface area contributed by atoms with Crippen LogP contribution in [0.5, 0.6) is 0 Å². The number of carbonyl (C=O) groups is 1. The van der Waals surface area contributed by atoms with Gasteiger partial charge >= 0.3 is 0 Å². The molecule has 1 aromatic rings. The van der Waals surface area contributed by atoms with Crippen molar-refractivity contribution in [3.63, 3.8) is 0 Å². The summed E-state index contributed by atoms with van der Waals surface area (Å²) in [5.41, 5.74) is 0.414. The molecule has 2 spiro atoms. The summed E-state index contributed by atoms with van der Waals surface area (Å²) in [6.45, 7) is 0. The Hall–Kier alpha value is -2.00. The summed E-state index contributed by atoms with van der Waals surface area (Å²) in [5, 5.41) is 10.5. The first-order valence-electron chi connectivity index (χ1n) is 12.1. The van der Waals surface area contributed by atoms with Crippen LogP contribution >= 0.6 is 0 Å². The molecule has 9 rings (SSSR count). The van der Waals surface area contributed by atoms with Crippen molar-refractivity contribution in [1.29, 1.82) is 5.26 Å². The van der Waals surface area contributed by atoms with E-state index in [4.69, 9.17) is 14.2 Å². The van der Waals surface area contributed by atoms with Gasteiger partial charge in [-0.3, -0.25) is 4.79 Å². The van der Waals surface area contributed by atoms with Crippen molar-refractivity contribution in [3.05, 3.63) is 42.0 Å². The lowest BCUT2D eigenvalue weighted by Crippen LogP contribution is -2.80. The number of allylic oxidation sites excluding steroid dienone is 1. The van der Waals surface area contributed by atoms with Gasteiger partial charge in [-0.15, -0.1) is 0 Å². The van der Waals surface area contributed by atoms with Gasteiger partial charge < -0.3 is 14.2 Å². The summed E-state index contributed by atoms with van der Waals surface area (Å²) in [4.78, 5) is 14.6. The minimum Gasteiger partial charge on any atom is -0.367 e. The number of carbonyl (C=O) groups excluding carboxylic acids is 1. The highest BCUT2D eigenvalue weighted by molar-refractivity contribution is 6.02. The number of Topliss-reactive ketones (excluding diaryl/α,β-unsaturated/α-hetero) is 1. The first-order chi connectivity index (χ1) is 15.6. The summed E-state index contributed by atoms with van der Waals surface area (Å²) in [5.74, 6) is 1.54. The topological polar surface area (TPSA) is 68.6 Å². The molecule has 0 unspecified atom stereocenters. The van der Waals surface area contributed by atoms with E-state index in [0.717, 1.165) is 19.3 Å². The molecule has 1 heterocycles. The van der Waals surface area contributed by atoms with Crippen LogP contribution in [0.1, 0.15) is 24.8 Å². The minimum absolute atomic E-state index is 0.130. The molecule has 7 fully saturated rings. The van der Waals surface area contributed by atoms with E-state index in [0.29, 0.717) is 11.8 Å². The third-order valence-corrected chi connectivity index (χ3v) is 11.1. The van der Waals surface area contributed by atoms with Gasteiger partial charge in [0, 0.05) is 26.1 Å². The van der Waals surface area contributed by atoms with Gasteiger partial charge in [-0.25, -0.2) is 0 Å². The summed E-state index contributed by atoms with van der Waals surface area (Å²) in [6.07, 6.45) is 4.76. The van der Waals surface area contributed by atoms with E-state index in [9.17, 15) is 10.1 Å². The molecule has 8 aliphatic rings. The fourth-order valence-electron chi connectivity index (χ4n) is 10.8. The summed E-state index contributed by atoms with van der Waals surface area (Å²) < 4.78 is 19.0. The Morgan fingerprint density at radius 3 is 2.66 bits per heavy atom. The number of benzene rings is 1. The maximum Gasteiger partial charge on any atom is 0.165 e. The number of methoxy groups -OCH3 is 2. The predicted molar refractivity (Wildman–Crippen MR) is 114 cm³/mol. The Morgan fingerprint density at radius 1 is 1.16 bits per heavy atom. The van der Waals surface area contributed by atoms with Crippen LogP contribution in [-0.2, 0) is 19.0 Å². The smallest absolute Gasteiger partial charge is 0.165 e. The van der Waals surface area contributed by atoms with Gasteiger partial charge in [0.25, 0.3) is 0 Å². The third-order valence-electron chi connectivity index (χ3n) is 11.1. The lowest BCUT2D eigenvalue weighted by molar-refractivity contribution is -0.330. The number of nitriles is 1. The quantitative estimate of drug-likeness (QED) is 0.686. The normalized spacial score (nSPS) is 54.6. The molecule has 5 heteroatoms. The van der Waals surface area contributed by atoms with Crippen molar-refractivity contribution >= 4 is 11.4 Å². The lowest BCUT2D eigenvalue weighted by atomic mass is 9.31. The van der Waals surface area contributed by atoms with Crippen molar-refractivity contribution in [3.8, 4) is 6.07 Å². The average molecular weight is 430 g/mol. The standard InChI is InChI=1S/C27H27NO4/c1-30-23(31-2)20-17-11-14(10-16(17)13-6-4-3-5-7-13)27-19-15-8-9-18-21(19)26(20,27)24(29)25(18,12-28)22(15)32-27/h3-7,10,14-15,17-23H,8-9,11H2,1-2H3/t14-,15-,17-,18+,19-,20-,21+,22+,25-,26-,27-/m0/s1. The minimum atomic E-state index is -0.960.